The topological polar surface area (TPSA) is 66.5 Å². The molecule has 0 spiro atoms. The van der Waals surface area contributed by atoms with E-state index in [0.29, 0.717) is 22.0 Å². The molecule has 0 radical (unpaired) electrons. The lowest BCUT2D eigenvalue weighted by Crippen LogP contribution is -2.28. The Hall–Kier alpha value is -2.66. The quantitative estimate of drug-likeness (QED) is 0.831. The largest absolute Gasteiger partial charge is 0.325 e. The van der Waals surface area contributed by atoms with Crippen molar-refractivity contribution < 1.29 is 14.4 Å². The summed E-state index contributed by atoms with van der Waals surface area (Å²) in [6.45, 7) is 3.64. The molecule has 1 aliphatic rings. The average molecular weight is 371 g/mol. The molecular weight excluding hydrogens is 352 g/mol. The van der Waals surface area contributed by atoms with Gasteiger partial charge in [0.1, 0.15) is 0 Å². The molecular formula is C20H19ClN2O3. The van der Waals surface area contributed by atoms with Gasteiger partial charge in [0.25, 0.3) is 0 Å². The molecule has 2 aromatic carbocycles. The molecule has 0 aliphatic carbocycles. The first-order valence-electron chi connectivity index (χ1n) is 8.33. The Bertz CT molecular complexity index is 894. The summed E-state index contributed by atoms with van der Waals surface area (Å²) in [6.07, 6.45) is 0.135. The number of anilines is 2. The van der Waals surface area contributed by atoms with Gasteiger partial charge < -0.3 is 10.2 Å². The smallest absolute Gasteiger partial charge is 0.229 e. The van der Waals surface area contributed by atoms with Crippen LogP contribution < -0.4 is 10.2 Å². The molecule has 0 saturated carbocycles. The molecule has 1 heterocycles. The zero-order chi connectivity index (χ0) is 18.8. The Kier molecular flexibility index (Phi) is 5.09. The maximum absolute atomic E-state index is 12.6. The minimum absolute atomic E-state index is 0.0655. The van der Waals surface area contributed by atoms with Crippen molar-refractivity contribution in [1.82, 2.24) is 0 Å². The highest BCUT2D eigenvalue weighted by atomic mass is 35.5. The van der Waals surface area contributed by atoms with E-state index in [0.717, 1.165) is 5.56 Å². The van der Waals surface area contributed by atoms with Crippen LogP contribution in [0.2, 0.25) is 5.02 Å². The van der Waals surface area contributed by atoms with E-state index in [1.165, 1.54) is 6.92 Å². The van der Waals surface area contributed by atoms with Gasteiger partial charge in [0.2, 0.25) is 11.8 Å². The Morgan fingerprint density at radius 2 is 1.96 bits per heavy atom. The number of carbonyl (C=O) groups is 3. The Balaban J connectivity index is 1.75. The number of nitrogens with zero attached hydrogens (tertiary/aromatic N) is 1. The van der Waals surface area contributed by atoms with E-state index in [-0.39, 0.29) is 30.6 Å². The summed E-state index contributed by atoms with van der Waals surface area (Å²) in [6, 6.07) is 12.2. The van der Waals surface area contributed by atoms with Gasteiger partial charge in [-0.3, -0.25) is 14.4 Å². The number of hydrogen-bond donors (Lipinski definition) is 1. The summed E-state index contributed by atoms with van der Waals surface area (Å²) in [7, 11) is 0. The van der Waals surface area contributed by atoms with Gasteiger partial charge in [-0.05, 0) is 43.7 Å². The van der Waals surface area contributed by atoms with Crippen molar-refractivity contribution >= 4 is 40.6 Å². The molecule has 1 unspecified atom stereocenters. The summed E-state index contributed by atoms with van der Waals surface area (Å²) in [5.41, 5.74) is 2.72. The van der Waals surface area contributed by atoms with Crippen LogP contribution in [0.15, 0.2) is 42.5 Å². The molecule has 1 saturated heterocycles. The molecule has 5 nitrogen and oxygen atoms in total. The number of nitrogens with one attached hydrogen (secondary N) is 1. The molecule has 1 fully saturated rings. The summed E-state index contributed by atoms with van der Waals surface area (Å²) in [5, 5.41) is 3.40. The molecule has 3 rings (SSSR count). The van der Waals surface area contributed by atoms with E-state index in [2.05, 4.69) is 5.32 Å². The summed E-state index contributed by atoms with van der Waals surface area (Å²) >= 11 is 5.99. The molecule has 2 amide bonds. The van der Waals surface area contributed by atoms with Gasteiger partial charge in [0.05, 0.1) is 5.92 Å². The van der Waals surface area contributed by atoms with Crippen molar-refractivity contribution in [2.24, 2.45) is 5.92 Å². The molecule has 1 N–H and O–H groups in total. The number of hydrogen-bond acceptors (Lipinski definition) is 3. The second-order valence-electron chi connectivity index (χ2n) is 6.46. The van der Waals surface area contributed by atoms with E-state index in [1.54, 1.807) is 41.3 Å². The van der Waals surface area contributed by atoms with E-state index in [4.69, 9.17) is 11.6 Å². The van der Waals surface area contributed by atoms with Crippen LogP contribution in [0.3, 0.4) is 0 Å². The third-order valence-electron chi connectivity index (χ3n) is 4.52. The fourth-order valence-corrected chi connectivity index (χ4v) is 3.16. The van der Waals surface area contributed by atoms with Gasteiger partial charge in [0, 0.05) is 34.9 Å². The van der Waals surface area contributed by atoms with Gasteiger partial charge in [-0.1, -0.05) is 29.8 Å². The van der Waals surface area contributed by atoms with E-state index >= 15 is 0 Å². The van der Waals surface area contributed by atoms with Crippen LogP contribution >= 0.6 is 11.6 Å². The Morgan fingerprint density at radius 1 is 1.19 bits per heavy atom. The SMILES string of the molecule is CC(=O)c1cccc(N2CC(C(=O)Nc3cc(Cl)ccc3C)CC2=O)c1. The molecule has 26 heavy (non-hydrogen) atoms. The molecule has 6 heteroatoms. The van der Waals surface area contributed by atoms with E-state index in [9.17, 15) is 14.4 Å². The maximum atomic E-state index is 12.6. The monoisotopic (exact) mass is 370 g/mol. The second-order valence-corrected chi connectivity index (χ2v) is 6.90. The Morgan fingerprint density at radius 3 is 2.69 bits per heavy atom. The van der Waals surface area contributed by atoms with Crippen molar-refractivity contribution in [3.63, 3.8) is 0 Å². The number of benzene rings is 2. The van der Waals surface area contributed by atoms with Crippen molar-refractivity contribution in [2.75, 3.05) is 16.8 Å². The molecule has 134 valence electrons. The number of carbonyl (C=O) groups excluding carboxylic acids is 3. The predicted octanol–water partition coefficient (Wildman–Crippen LogP) is 3.84. The van der Waals surface area contributed by atoms with Crippen LogP contribution in [-0.4, -0.2) is 24.1 Å². The summed E-state index contributed by atoms with van der Waals surface area (Å²) < 4.78 is 0. The van der Waals surface area contributed by atoms with Crippen LogP contribution in [0.4, 0.5) is 11.4 Å². The third kappa shape index (κ3) is 3.78. The van der Waals surface area contributed by atoms with Crippen LogP contribution in [-0.2, 0) is 9.59 Å². The molecule has 0 bridgehead atoms. The van der Waals surface area contributed by atoms with Crippen LogP contribution in [0, 0.1) is 12.8 Å². The first-order valence-corrected chi connectivity index (χ1v) is 8.71. The van der Waals surface area contributed by atoms with Gasteiger partial charge in [-0.15, -0.1) is 0 Å². The third-order valence-corrected chi connectivity index (χ3v) is 4.75. The van der Waals surface area contributed by atoms with Crippen molar-refractivity contribution in [1.29, 1.82) is 0 Å². The zero-order valence-electron chi connectivity index (χ0n) is 14.6. The van der Waals surface area contributed by atoms with Crippen molar-refractivity contribution in [2.45, 2.75) is 20.3 Å². The highest BCUT2D eigenvalue weighted by Crippen LogP contribution is 2.28. The maximum Gasteiger partial charge on any atom is 0.229 e. The minimum atomic E-state index is -0.457. The minimum Gasteiger partial charge on any atom is -0.325 e. The Labute approximate surface area is 156 Å². The number of halogens is 1. The molecule has 2 aromatic rings. The van der Waals surface area contributed by atoms with E-state index in [1.807, 2.05) is 13.0 Å². The van der Waals surface area contributed by atoms with Gasteiger partial charge in [-0.2, -0.15) is 0 Å². The van der Waals surface area contributed by atoms with Crippen molar-refractivity contribution in [3.05, 3.63) is 58.6 Å². The number of Topliss-reactive ketones (excluding diaryl/α,β-unsaturated/α-hetero) is 1. The average Bonchev–Trinajstić information content (AvgIpc) is 3.00. The van der Waals surface area contributed by atoms with Crippen LogP contribution in [0.5, 0.6) is 0 Å². The lowest BCUT2D eigenvalue weighted by Gasteiger charge is -2.17. The summed E-state index contributed by atoms with van der Waals surface area (Å²) in [5.74, 6) is -0.867. The fourth-order valence-electron chi connectivity index (χ4n) is 2.99. The van der Waals surface area contributed by atoms with Gasteiger partial charge in [-0.25, -0.2) is 0 Å². The van der Waals surface area contributed by atoms with Gasteiger partial charge >= 0.3 is 0 Å². The highest BCUT2D eigenvalue weighted by Gasteiger charge is 2.35. The number of ketones is 1. The fraction of sp³-hybridized carbons (Fsp3) is 0.250. The lowest BCUT2D eigenvalue weighted by atomic mass is 10.1. The second kappa shape index (κ2) is 7.30. The molecule has 1 aliphatic heterocycles. The standard InChI is InChI=1S/C20H19ClN2O3/c1-12-6-7-16(21)10-18(12)22-20(26)15-9-19(25)23(11-15)17-5-3-4-14(8-17)13(2)24/h3-8,10,15H,9,11H2,1-2H3,(H,22,26). The first-order chi connectivity index (χ1) is 12.3. The number of amides is 2. The molecule has 1 atom stereocenters. The lowest BCUT2D eigenvalue weighted by molar-refractivity contribution is -0.122. The highest BCUT2D eigenvalue weighted by molar-refractivity contribution is 6.31. The number of rotatable bonds is 4. The predicted molar refractivity (Wildman–Crippen MR) is 102 cm³/mol. The first kappa shape index (κ1) is 18.1. The van der Waals surface area contributed by atoms with Crippen molar-refractivity contribution in [3.8, 4) is 0 Å². The normalized spacial score (nSPS) is 16.7. The summed E-state index contributed by atoms with van der Waals surface area (Å²) in [4.78, 5) is 38.1. The molecule has 0 aromatic heterocycles. The van der Waals surface area contributed by atoms with Crippen LogP contribution in [0.1, 0.15) is 29.3 Å². The van der Waals surface area contributed by atoms with Crippen LogP contribution in [0.25, 0.3) is 0 Å². The van der Waals surface area contributed by atoms with Gasteiger partial charge in [0.15, 0.2) is 5.78 Å². The zero-order valence-corrected chi connectivity index (χ0v) is 15.3. The number of aryl methyl sites for hydroxylation is 1. The van der Waals surface area contributed by atoms with E-state index < -0.39 is 5.92 Å².